The van der Waals surface area contributed by atoms with E-state index >= 15 is 0 Å². The van der Waals surface area contributed by atoms with E-state index in [-0.39, 0.29) is 5.92 Å². The summed E-state index contributed by atoms with van der Waals surface area (Å²) < 4.78 is 38.6. The molecular formula is C11H12F3N. The average molecular weight is 215 g/mol. The first-order valence-corrected chi connectivity index (χ1v) is 5.03. The first-order valence-electron chi connectivity index (χ1n) is 5.03. The Labute approximate surface area is 86.3 Å². The fourth-order valence-electron chi connectivity index (χ4n) is 1.95. The van der Waals surface area contributed by atoms with Gasteiger partial charge in [0.2, 0.25) is 0 Å². The van der Waals surface area contributed by atoms with Crippen molar-refractivity contribution < 1.29 is 13.2 Å². The fraction of sp³-hybridized carbons (Fsp3) is 0.455. The van der Waals surface area contributed by atoms with E-state index in [2.05, 4.69) is 5.32 Å². The Balaban J connectivity index is 2.27. The van der Waals surface area contributed by atoms with Gasteiger partial charge in [0.05, 0.1) is 0 Å². The molecule has 0 amide bonds. The number of benzene rings is 1. The minimum Gasteiger partial charge on any atom is -0.316 e. The van der Waals surface area contributed by atoms with Crippen LogP contribution in [0.2, 0.25) is 0 Å². The molecule has 0 radical (unpaired) electrons. The van der Waals surface area contributed by atoms with Crippen LogP contribution >= 0.6 is 0 Å². The summed E-state index contributed by atoms with van der Waals surface area (Å²) in [5, 5.41) is 3.15. The summed E-state index contributed by atoms with van der Waals surface area (Å²) in [5.41, 5.74) is 0.540. The SMILES string of the molecule is Fc1cc(C2CCCNC2)cc(F)c1F. The van der Waals surface area contributed by atoms with E-state index in [1.165, 1.54) is 0 Å². The summed E-state index contributed by atoms with van der Waals surface area (Å²) in [7, 11) is 0. The number of piperidine rings is 1. The van der Waals surface area contributed by atoms with Crippen molar-refractivity contribution in [3.8, 4) is 0 Å². The molecule has 4 heteroatoms. The van der Waals surface area contributed by atoms with Crippen molar-refractivity contribution >= 4 is 0 Å². The Morgan fingerprint density at radius 1 is 1.13 bits per heavy atom. The average Bonchev–Trinajstić information content (AvgIpc) is 2.26. The lowest BCUT2D eigenvalue weighted by Crippen LogP contribution is -2.28. The van der Waals surface area contributed by atoms with Crippen molar-refractivity contribution in [3.63, 3.8) is 0 Å². The minimum atomic E-state index is -1.39. The van der Waals surface area contributed by atoms with Crippen LogP contribution in [-0.2, 0) is 0 Å². The van der Waals surface area contributed by atoms with Crippen LogP contribution in [0.4, 0.5) is 13.2 Å². The second kappa shape index (κ2) is 4.23. The largest absolute Gasteiger partial charge is 0.316 e. The third-order valence-corrected chi connectivity index (χ3v) is 2.77. The van der Waals surface area contributed by atoms with Crippen LogP contribution in [0.3, 0.4) is 0 Å². The van der Waals surface area contributed by atoms with Gasteiger partial charge in [0.25, 0.3) is 0 Å². The highest BCUT2D eigenvalue weighted by Gasteiger charge is 2.19. The predicted molar refractivity (Wildman–Crippen MR) is 51.2 cm³/mol. The normalized spacial score (nSPS) is 21.7. The first-order chi connectivity index (χ1) is 7.18. The second-order valence-corrected chi connectivity index (χ2v) is 3.84. The topological polar surface area (TPSA) is 12.0 Å². The molecule has 0 bridgehead atoms. The number of hydrogen-bond acceptors (Lipinski definition) is 1. The highest BCUT2D eigenvalue weighted by molar-refractivity contribution is 5.23. The lowest BCUT2D eigenvalue weighted by Gasteiger charge is -2.23. The van der Waals surface area contributed by atoms with E-state index in [1.807, 2.05) is 0 Å². The maximum absolute atomic E-state index is 13.0. The molecule has 1 heterocycles. The molecule has 1 aromatic carbocycles. The second-order valence-electron chi connectivity index (χ2n) is 3.84. The van der Waals surface area contributed by atoms with Crippen LogP contribution < -0.4 is 5.32 Å². The fourth-order valence-corrected chi connectivity index (χ4v) is 1.95. The summed E-state index contributed by atoms with van der Waals surface area (Å²) >= 11 is 0. The molecule has 1 nitrogen and oxygen atoms in total. The van der Waals surface area contributed by atoms with Crippen molar-refractivity contribution in [3.05, 3.63) is 35.1 Å². The third-order valence-electron chi connectivity index (χ3n) is 2.77. The predicted octanol–water partition coefficient (Wildman–Crippen LogP) is 2.57. The van der Waals surface area contributed by atoms with Crippen LogP contribution in [0.25, 0.3) is 0 Å². The molecule has 1 N–H and O–H groups in total. The number of rotatable bonds is 1. The molecule has 1 atom stereocenters. The Kier molecular flexibility index (Phi) is 2.95. The van der Waals surface area contributed by atoms with E-state index in [9.17, 15) is 13.2 Å². The molecular weight excluding hydrogens is 203 g/mol. The maximum Gasteiger partial charge on any atom is 0.194 e. The molecule has 1 saturated heterocycles. The quantitative estimate of drug-likeness (QED) is 0.710. The van der Waals surface area contributed by atoms with Gasteiger partial charge in [-0.05, 0) is 43.0 Å². The van der Waals surface area contributed by atoms with Crippen LogP contribution in [-0.4, -0.2) is 13.1 Å². The molecule has 0 aliphatic carbocycles. The van der Waals surface area contributed by atoms with Gasteiger partial charge >= 0.3 is 0 Å². The van der Waals surface area contributed by atoms with E-state index in [0.29, 0.717) is 12.1 Å². The molecule has 1 fully saturated rings. The molecule has 1 aromatic rings. The Hall–Kier alpha value is -1.03. The van der Waals surface area contributed by atoms with E-state index < -0.39 is 17.5 Å². The standard InChI is InChI=1S/C11H12F3N/c12-9-4-8(5-10(13)11(9)14)7-2-1-3-15-6-7/h4-5,7,15H,1-3,6H2. The molecule has 0 saturated carbocycles. The van der Waals surface area contributed by atoms with Crippen LogP contribution in [0, 0.1) is 17.5 Å². The maximum atomic E-state index is 13.0. The van der Waals surface area contributed by atoms with Gasteiger partial charge in [-0.25, -0.2) is 13.2 Å². The number of hydrogen-bond donors (Lipinski definition) is 1. The smallest absolute Gasteiger partial charge is 0.194 e. The van der Waals surface area contributed by atoms with E-state index in [0.717, 1.165) is 31.5 Å². The summed E-state index contributed by atoms with van der Waals surface area (Å²) in [4.78, 5) is 0. The summed E-state index contributed by atoms with van der Waals surface area (Å²) in [6.45, 7) is 1.63. The summed E-state index contributed by atoms with van der Waals surface area (Å²) in [6, 6.07) is 2.19. The van der Waals surface area contributed by atoms with Crippen molar-refractivity contribution in [2.75, 3.05) is 13.1 Å². The molecule has 1 aliphatic rings. The van der Waals surface area contributed by atoms with Gasteiger partial charge in [-0.1, -0.05) is 0 Å². The zero-order valence-corrected chi connectivity index (χ0v) is 8.19. The van der Waals surface area contributed by atoms with Gasteiger partial charge in [-0.2, -0.15) is 0 Å². The van der Waals surface area contributed by atoms with Gasteiger partial charge in [-0.15, -0.1) is 0 Å². The number of nitrogens with one attached hydrogen (secondary N) is 1. The van der Waals surface area contributed by atoms with Crippen molar-refractivity contribution in [1.29, 1.82) is 0 Å². The van der Waals surface area contributed by atoms with Gasteiger partial charge < -0.3 is 5.32 Å². The van der Waals surface area contributed by atoms with E-state index in [1.54, 1.807) is 0 Å². The molecule has 82 valence electrons. The monoisotopic (exact) mass is 215 g/mol. The lowest BCUT2D eigenvalue weighted by molar-refractivity contribution is 0.430. The van der Waals surface area contributed by atoms with Gasteiger partial charge in [0, 0.05) is 6.54 Å². The van der Waals surface area contributed by atoms with Gasteiger partial charge in [0.1, 0.15) is 0 Å². The van der Waals surface area contributed by atoms with E-state index in [4.69, 9.17) is 0 Å². The molecule has 1 aliphatic heterocycles. The molecule has 2 rings (SSSR count). The minimum absolute atomic E-state index is 0.0864. The summed E-state index contributed by atoms with van der Waals surface area (Å²) in [6.07, 6.45) is 1.86. The molecule has 0 aromatic heterocycles. The zero-order chi connectivity index (χ0) is 10.8. The Morgan fingerprint density at radius 3 is 2.33 bits per heavy atom. The highest BCUT2D eigenvalue weighted by atomic mass is 19.2. The van der Waals surface area contributed by atoms with Gasteiger partial charge in [-0.3, -0.25) is 0 Å². The Bertz CT molecular complexity index is 336. The van der Waals surface area contributed by atoms with Crippen LogP contribution in [0.1, 0.15) is 24.3 Å². The summed E-state index contributed by atoms with van der Waals surface area (Å²) in [5.74, 6) is -3.50. The molecule has 0 spiro atoms. The van der Waals surface area contributed by atoms with Crippen molar-refractivity contribution in [1.82, 2.24) is 5.32 Å². The van der Waals surface area contributed by atoms with Crippen LogP contribution in [0.15, 0.2) is 12.1 Å². The zero-order valence-electron chi connectivity index (χ0n) is 8.19. The van der Waals surface area contributed by atoms with Crippen molar-refractivity contribution in [2.45, 2.75) is 18.8 Å². The first kappa shape index (κ1) is 10.5. The third kappa shape index (κ3) is 2.15. The van der Waals surface area contributed by atoms with Crippen molar-refractivity contribution in [2.24, 2.45) is 0 Å². The lowest BCUT2D eigenvalue weighted by atomic mass is 9.91. The van der Waals surface area contributed by atoms with Crippen LogP contribution in [0.5, 0.6) is 0 Å². The highest BCUT2D eigenvalue weighted by Crippen LogP contribution is 2.25. The molecule has 15 heavy (non-hydrogen) atoms. The van der Waals surface area contributed by atoms with Gasteiger partial charge in [0.15, 0.2) is 17.5 Å². The Morgan fingerprint density at radius 2 is 1.80 bits per heavy atom. The number of halogens is 3. The molecule has 1 unspecified atom stereocenters.